The maximum absolute atomic E-state index is 7.46. The van der Waals surface area contributed by atoms with Crippen LogP contribution in [0.2, 0.25) is 0 Å². The van der Waals surface area contributed by atoms with Crippen LogP contribution in [0.4, 0.5) is 10.8 Å². The van der Waals surface area contributed by atoms with Crippen LogP contribution in [0.25, 0.3) is 10.2 Å². The summed E-state index contributed by atoms with van der Waals surface area (Å²) in [5.74, 6) is 0.667. The fourth-order valence-corrected chi connectivity index (χ4v) is 3.76. The molecule has 0 aliphatic carbocycles. The predicted molar refractivity (Wildman–Crippen MR) is 102 cm³/mol. The van der Waals surface area contributed by atoms with Gasteiger partial charge in [-0.3, -0.25) is 0 Å². The normalized spacial score (nSPS) is 11.2. The van der Waals surface area contributed by atoms with E-state index in [0.717, 1.165) is 54.1 Å². The quantitative estimate of drug-likeness (QED) is 0.524. The van der Waals surface area contributed by atoms with Gasteiger partial charge in [0.05, 0.1) is 16.3 Å². The van der Waals surface area contributed by atoms with Gasteiger partial charge in [-0.25, -0.2) is 10.5 Å². The van der Waals surface area contributed by atoms with Crippen LogP contribution < -0.4 is 9.64 Å². The Labute approximate surface area is 148 Å². The molecule has 5 nitrogen and oxygen atoms in total. The lowest BCUT2D eigenvalue weighted by Crippen LogP contribution is -2.24. The molecule has 1 heterocycles. The van der Waals surface area contributed by atoms with Gasteiger partial charge in [-0.1, -0.05) is 39.0 Å². The van der Waals surface area contributed by atoms with E-state index < -0.39 is 0 Å². The van der Waals surface area contributed by atoms with E-state index in [4.69, 9.17) is 15.3 Å². The number of aromatic nitrogens is 1. The maximum atomic E-state index is 7.46. The summed E-state index contributed by atoms with van der Waals surface area (Å²) in [6, 6.07) is 3.87. The van der Waals surface area contributed by atoms with Gasteiger partial charge in [-0.05, 0) is 31.7 Å². The van der Waals surface area contributed by atoms with Crippen LogP contribution in [-0.4, -0.2) is 24.2 Å². The molecule has 0 saturated carbocycles. The van der Waals surface area contributed by atoms with E-state index in [0.29, 0.717) is 11.4 Å². The van der Waals surface area contributed by atoms with Crippen LogP contribution >= 0.6 is 11.3 Å². The van der Waals surface area contributed by atoms with Crippen LogP contribution in [0, 0.1) is 5.53 Å². The molecule has 132 valence electrons. The van der Waals surface area contributed by atoms with Crippen LogP contribution in [0.5, 0.6) is 5.75 Å². The summed E-state index contributed by atoms with van der Waals surface area (Å²) in [6.45, 7) is 10.6. The molecule has 0 unspecified atom stereocenters. The highest BCUT2D eigenvalue weighted by Gasteiger charge is 2.16. The Kier molecular flexibility index (Phi) is 6.97. The minimum atomic E-state index is 0.151. The molecular formula is C18H28N4OS. The fourth-order valence-electron chi connectivity index (χ4n) is 2.73. The van der Waals surface area contributed by atoms with Gasteiger partial charge in [0.1, 0.15) is 11.4 Å². The van der Waals surface area contributed by atoms with Crippen molar-refractivity contribution in [2.75, 3.05) is 18.0 Å². The molecule has 0 amide bonds. The highest BCUT2D eigenvalue weighted by atomic mass is 32.1. The van der Waals surface area contributed by atoms with E-state index in [1.165, 1.54) is 0 Å². The van der Waals surface area contributed by atoms with Crippen LogP contribution in [0.3, 0.4) is 0 Å². The Hall–Kier alpha value is -1.69. The standard InChI is InChI=1S/C18H28N4OS/c1-5-9-22(10-6-2)18-20-15-11-16(23-13(7-3)8-4)14(21-19)12-17(15)24-18/h11-13,19H,5-10H2,1-4H3. The highest BCUT2D eigenvalue weighted by Crippen LogP contribution is 2.38. The van der Waals surface area contributed by atoms with Crippen LogP contribution in [-0.2, 0) is 0 Å². The molecule has 0 aliphatic heterocycles. The number of nitrogens with one attached hydrogen (secondary N) is 1. The molecule has 0 radical (unpaired) electrons. The van der Waals surface area contributed by atoms with Crippen molar-refractivity contribution in [1.82, 2.24) is 4.98 Å². The second-order valence-electron chi connectivity index (χ2n) is 5.94. The molecule has 24 heavy (non-hydrogen) atoms. The molecular weight excluding hydrogens is 320 g/mol. The molecule has 0 fully saturated rings. The van der Waals surface area contributed by atoms with Crippen molar-refractivity contribution < 1.29 is 4.74 Å². The van der Waals surface area contributed by atoms with E-state index in [-0.39, 0.29) is 6.10 Å². The minimum absolute atomic E-state index is 0.151. The minimum Gasteiger partial charge on any atom is -0.488 e. The van der Waals surface area contributed by atoms with Gasteiger partial charge in [0.15, 0.2) is 5.13 Å². The van der Waals surface area contributed by atoms with E-state index >= 15 is 0 Å². The average Bonchev–Trinajstić information content (AvgIpc) is 3.01. The molecule has 2 rings (SSSR count). The Bertz CT molecular complexity index is 660. The van der Waals surface area contributed by atoms with Gasteiger partial charge < -0.3 is 9.64 Å². The second-order valence-corrected chi connectivity index (χ2v) is 6.95. The molecule has 1 aromatic carbocycles. The lowest BCUT2D eigenvalue weighted by molar-refractivity contribution is 0.194. The monoisotopic (exact) mass is 348 g/mol. The number of hydrogen-bond acceptors (Lipinski definition) is 6. The third-order valence-corrected chi connectivity index (χ3v) is 5.12. The van der Waals surface area contributed by atoms with Crippen molar-refractivity contribution in [3.63, 3.8) is 0 Å². The van der Waals surface area contributed by atoms with Gasteiger partial charge in [0.2, 0.25) is 0 Å². The number of anilines is 1. The third kappa shape index (κ3) is 4.23. The van der Waals surface area contributed by atoms with Gasteiger partial charge in [-0.15, -0.1) is 0 Å². The van der Waals surface area contributed by atoms with Crippen LogP contribution in [0.1, 0.15) is 53.4 Å². The summed E-state index contributed by atoms with van der Waals surface area (Å²) in [5, 5.41) is 4.71. The predicted octanol–water partition coefficient (Wildman–Crippen LogP) is 6.15. The van der Waals surface area contributed by atoms with Crippen LogP contribution in [0.15, 0.2) is 17.2 Å². The average molecular weight is 349 g/mol. The second kappa shape index (κ2) is 8.97. The van der Waals surface area contributed by atoms with Crippen molar-refractivity contribution in [3.05, 3.63) is 12.1 Å². The smallest absolute Gasteiger partial charge is 0.186 e. The number of fused-ring (bicyclic) bond motifs is 1. The number of hydrogen-bond donors (Lipinski definition) is 1. The number of rotatable bonds is 10. The topological polar surface area (TPSA) is 61.6 Å². The van der Waals surface area contributed by atoms with E-state index in [1.54, 1.807) is 11.3 Å². The van der Waals surface area contributed by atoms with Crippen molar-refractivity contribution in [3.8, 4) is 5.75 Å². The number of ether oxygens (including phenoxy) is 1. The van der Waals surface area contributed by atoms with Crippen molar-refractivity contribution in [2.24, 2.45) is 5.11 Å². The summed E-state index contributed by atoms with van der Waals surface area (Å²) in [4.78, 5) is 7.14. The van der Waals surface area contributed by atoms with Crippen molar-refractivity contribution in [2.45, 2.75) is 59.5 Å². The Morgan fingerprint density at radius 3 is 2.38 bits per heavy atom. The zero-order valence-corrected chi connectivity index (χ0v) is 15.9. The Morgan fingerprint density at radius 2 is 1.83 bits per heavy atom. The third-order valence-electron chi connectivity index (χ3n) is 4.04. The summed E-state index contributed by atoms with van der Waals surface area (Å²) in [7, 11) is 0. The van der Waals surface area contributed by atoms with E-state index in [2.05, 4.69) is 37.7 Å². The first-order valence-corrected chi connectivity index (χ1v) is 9.71. The van der Waals surface area contributed by atoms with Gasteiger partial charge in [-0.2, -0.15) is 5.11 Å². The molecule has 0 spiro atoms. The first-order valence-electron chi connectivity index (χ1n) is 8.90. The van der Waals surface area contributed by atoms with Gasteiger partial charge in [0.25, 0.3) is 0 Å². The summed E-state index contributed by atoms with van der Waals surface area (Å²) in [5.41, 5.74) is 8.98. The zero-order chi connectivity index (χ0) is 17.5. The molecule has 1 N–H and O–H groups in total. The molecule has 0 aliphatic rings. The molecule has 6 heteroatoms. The Morgan fingerprint density at radius 1 is 1.17 bits per heavy atom. The lowest BCUT2D eigenvalue weighted by Gasteiger charge is -2.19. The van der Waals surface area contributed by atoms with E-state index in [1.807, 2.05) is 12.1 Å². The SMILES string of the molecule is CCCN(CCC)c1nc2cc(OC(CC)CC)c(N=N)cc2s1. The number of nitrogens with zero attached hydrogens (tertiary/aromatic N) is 3. The van der Waals surface area contributed by atoms with E-state index in [9.17, 15) is 0 Å². The maximum Gasteiger partial charge on any atom is 0.186 e. The van der Waals surface area contributed by atoms with Gasteiger partial charge in [0, 0.05) is 19.2 Å². The first-order chi connectivity index (χ1) is 11.7. The molecule has 0 atom stereocenters. The summed E-state index contributed by atoms with van der Waals surface area (Å²) in [6.07, 6.45) is 4.24. The summed E-state index contributed by atoms with van der Waals surface area (Å²) >= 11 is 1.67. The largest absolute Gasteiger partial charge is 0.488 e. The highest BCUT2D eigenvalue weighted by molar-refractivity contribution is 7.22. The van der Waals surface area contributed by atoms with Crippen molar-refractivity contribution >= 4 is 32.4 Å². The van der Waals surface area contributed by atoms with Crippen molar-refractivity contribution in [1.29, 1.82) is 5.53 Å². The molecule has 1 aromatic heterocycles. The van der Waals surface area contributed by atoms with Gasteiger partial charge >= 0.3 is 0 Å². The molecule has 0 bridgehead atoms. The molecule has 0 saturated heterocycles. The lowest BCUT2D eigenvalue weighted by atomic mass is 10.2. The fraction of sp³-hybridized carbons (Fsp3) is 0.611. The number of benzene rings is 1. The number of thiazole rings is 1. The first kappa shape index (κ1) is 18.6. The Balaban J connectivity index is 2.39. The summed E-state index contributed by atoms with van der Waals surface area (Å²) < 4.78 is 7.11. The molecule has 2 aromatic rings. The zero-order valence-electron chi connectivity index (χ0n) is 15.1.